The van der Waals surface area contributed by atoms with Crippen LogP contribution >= 0.6 is 11.6 Å². The molecule has 2 N–H and O–H groups in total. The zero-order chi connectivity index (χ0) is 33.3. The lowest BCUT2D eigenvalue weighted by Gasteiger charge is -2.36. The standard InChI is InChI=1S/C33H43ClN4O7/c1-9-19-17-33(19,29(41)43-10-2)37-27(39)24-16-21(44-25-13-14-35-23-15-20(34)11-12-22(23)25)18-38(24)28(40)26(31(3,4)5)36-30(42)45-32(6,7)8/h9,11-15,19,21,24,26H,1,10,16-18H2,2-8H3,(H,36,42)(H,37,39)/t19-,21-,24+,26-,33-/m1/s1. The molecule has 2 fully saturated rings. The molecule has 0 unspecified atom stereocenters. The number of carbonyl (C=O) groups is 4. The number of nitrogens with zero attached hydrogens (tertiary/aromatic N) is 2. The predicted octanol–water partition coefficient (Wildman–Crippen LogP) is 4.80. The fraction of sp³-hybridized carbons (Fsp3) is 0.545. The van der Waals surface area contributed by atoms with Gasteiger partial charge in [-0.25, -0.2) is 9.59 Å². The number of ether oxygens (including phenoxy) is 3. The molecule has 1 aliphatic carbocycles. The summed E-state index contributed by atoms with van der Waals surface area (Å²) in [5.74, 6) is -1.33. The van der Waals surface area contributed by atoms with Crippen LogP contribution in [0.4, 0.5) is 4.79 Å². The zero-order valence-corrected chi connectivity index (χ0v) is 27.7. The second-order valence-electron chi connectivity index (χ2n) is 13.6. The highest BCUT2D eigenvalue weighted by Gasteiger charge is 2.62. The van der Waals surface area contributed by atoms with Crippen LogP contribution < -0.4 is 15.4 Å². The van der Waals surface area contributed by atoms with Gasteiger partial charge in [0.05, 0.1) is 18.7 Å². The second kappa shape index (κ2) is 12.9. The molecule has 2 heterocycles. The average molecular weight is 643 g/mol. The van der Waals surface area contributed by atoms with Crippen molar-refractivity contribution in [3.05, 3.63) is 48.1 Å². The van der Waals surface area contributed by atoms with Gasteiger partial charge in [-0.1, -0.05) is 38.4 Å². The molecule has 1 saturated heterocycles. The van der Waals surface area contributed by atoms with Crippen LogP contribution in [0.1, 0.15) is 61.3 Å². The highest BCUT2D eigenvalue weighted by Crippen LogP contribution is 2.46. The molecule has 4 rings (SSSR count). The minimum atomic E-state index is -1.25. The number of nitrogens with one attached hydrogen (secondary N) is 2. The van der Waals surface area contributed by atoms with E-state index in [1.165, 1.54) is 4.90 Å². The number of rotatable bonds is 9. The summed E-state index contributed by atoms with van der Waals surface area (Å²) in [6, 6.07) is 4.93. The summed E-state index contributed by atoms with van der Waals surface area (Å²) >= 11 is 6.16. The molecule has 0 radical (unpaired) electrons. The molecule has 2 aromatic rings. The Morgan fingerprint density at radius 3 is 2.49 bits per heavy atom. The van der Waals surface area contributed by atoms with Gasteiger partial charge in [-0.2, -0.15) is 0 Å². The monoisotopic (exact) mass is 642 g/mol. The highest BCUT2D eigenvalue weighted by atomic mass is 35.5. The minimum Gasteiger partial charge on any atom is -0.488 e. The molecule has 1 aromatic heterocycles. The molecule has 45 heavy (non-hydrogen) atoms. The molecule has 1 aromatic carbocycles. The number of aromatic nitrogens is 1. The Bertz CT molecular complexity index is 1480. The Morgan fingerprint density at radius 1 is 1.18 bits per heavy atom. The van der Waals surface area contributed by atoms with Gasteiger partial charge >= 0.3 is 12.1 Å². The van der Waals surface area contributed by atoms with Crippen LogP contribution in [0.5, 0.6) is 5.75 Å². The number of pyridine rings is 1. The van der Waals surface area contributed by atoms with Crippen LogP contribution in [0.25, 0.3) is 10.9 Å². The van der Waals surface area contributed by atoms with Gasteiger partial charge in [-0.05, 0) is 63.8 Å². The molecule has 244 valence electrons. The van der Waals surface area contributed by atoms with Gasteiger partial charge in [0.1, 0.15) is 35.1 Å². The van der Waals surface area contributed by atoms with Crippen molar-refractivity contribution in [1.82, 2.24) is 20.5 Å². The summed E-state index contributed by atoms with van der Waals surface area (Å²) < 4.78 is 17.1. The van der Waals surface area contributed by atoms with Gasteiger partial charge in [0.15, 0.2) is 0 Å². The fourth-order valence-electron chi connectivity index (χ4n) is 5.56. The molecular weight excluding hydrogens is 600 g/mol. The molecule has 3 amide bonds. The van der Waals surface area contributed by atoms with Crippen LogP contribution in [0.15, 0.2) is 43.1 Å². The summed E-state index contributed by atoms with van der Waals surface area (Å²) in [4.78, 5) is 59.8. The first-order valence-corrected chi connectivity index (χ1v) is 15.5. The van der Waals surface area contributed by atoms with Crippen molar-refractivity contribution in [2.75, 3.05) is 13.2 Å². The van der Waals surface area contributed by atoms with Crippen LogP contribution in [-0.2, 0) is 23.9 Å². The molecule has 5 atom stereocenters. The summed E-state index contributed by atoms with van der Waals surface area (Å²) in [7, 11) is 0. The predicted molar refractivity (Wildman–Crippen MR) is 170 cm³/mol. The number of hydrogen-bond acceptors (Lipinski definition) is 8. The fourth-order valence-corrected chi connectivity index (χ4v) is 5.72. The van der Waals surface area contributed by atoms with E-state index in [2.05, 4.69) is 22.2 Å². The third-order valence-corrected chi connectivity index (χ3v) is 8.10. The summed E-state index contributed by atoms with van der Waals surface area (Å²) in [5.41, 5.74) is -2.14. The highest BCUT2D eigenvalue weighted by molar-refractivity contribution is 6.31. The number of hydrogen-bond donors (Lipinski definition) is 2. The van der Waals surface area contributed by atoms with Gasteiger partial charge in [0.2, 0.25) is 11.8 Å². The smallest absolute Gasteiger partial charge is 0.408 e. The Morgan fingerprint density at radius 2 is 1.89 bits per heavy atom. The van der Waals surface area contributed by atoms with E-state index in [1.54, 1.807) is 64.2 Å². The van der Waals surface area contributed by atoms with Gasteiger partial charge in [-0.3, -0.25) is 14.6 Å². The van der Waals surface area contributed by atoms with E-state index < -0.39 is 58.6 Å². The largest absolute Gasteiger partial charge is 0.488 e. The summed E-state index contributed by atoms with van der Waals surface area (Å²) in [6.07, 6.45) is 2.35. The van der Waals surface area contributed by atoms with Crippen molar-refractivity contribution < 1.29 is 33.4 Å². The Balaban J connectivity index is 1.65. The van der Waals surface area contributed by atoms with Crippen molar-refractivity contribution in [2.24, 2.45) is 11.3 Å². The first-order chi connectivity index (χ1) is 21.0. The second-order valence-corrected chi connectivity index (χ2v) is 14.1. The maximum Gasteiger partial charge on any atom is 0.408 e. The number of fused-ring (bicyclic) bond motifs is 1. The lowest BCUT2D eigenvalue weighted by atomic mass is 9.85. The SMILES string of the molecule is C=C[C@@H]1C[C@]1(NC(=O)[C@@H]1C[C@@H](Oc2ccnc3cc(Cl)ccc23)CN1C(=O)[C@@H](NC(=O)OC(C)(C)C)C(C)(C)C)C(=O)OCC. The Hall–Kier alpha value is -3.86. The Labute approximate surface area is 269 Å². The van der Waals surface area contributed by atoms with E-state index in [9.17, 15) is 19.2 Å². The van der Waals surface area contributed by atoms with Gasteiger partial charge in [-0.15, -0.1) is 6.58 Å². The third-order valence-electron chi connectivity index (χ3n) is 7.87. The lowest BCUT2D eigenvalue weighted by molar-refractivity contribution is -0.150. The molecule has 1 saturated carbocycles. The van der Waals surface area contributed by atoms with Gasteiger partial charge < -0.3 is 29.7 Å². The van der Waals surface area contributed by atoms with E-state index in [-0.39, 0.29) is 25.5 Å². The topological polar surface area (TPSA) is 136 Å². The number of likely N-dealkylation sites (tertiary alicyclic amines) is 1. The zero-order valence-electron chi connectivity index (χ0n) is 26.9. The van der Waals surface area contributed by atoms with E-state index >= 15 is 0 Å². The summed E-state index contributed by atoms with van der Waals surface area (Å²) in [5, 5.41) is 6.85. The molecule has 0 spiro atoms. The lowest BCUT2D eigenvalue weighted by Crippen LogP contribution is -2.59. The molecular formula is C33H43ClN4O7. The van der Waals surface area contributed by atoms with Crippen LogP contribution in [0, 0.1) is 11.3 Å². The molecule has 11 nitrogen and oxygen atoms in total. The van der Waals surface area contributed by atoms with Crippen molar-refractivity contribution >= 4 is 46.4 Å². The normalized spacial score (nSPS) is 23.6. The van der Waals surface area contributed by atoms with Crippen LogP contribution in [-0.4, -0.2) is 76.2 Å². The van der Waals surface area contributed by atoms with Crippen molar-refractivity contribution in [2.45, 2.75) is 90.6 Å². The first kappa shape index (κ1) is 34.0. The quantitative estimate of drug-likeness (QED) is 0.294. The molecule has 0 bridgehead atoms. The average Bonchev–Trinajstić information content (AvgIpc) is 3.49. The Kier molecular flexibility index (Phi) is 9.73. The van der Waals surface area contributed by atoms with E-state index in [0.717, 1.165) is 5.39 Å². The number of amides is 3. The number of halogens is 1. The van der Waals surface area contributed by atoms with Crippen LogP contribution in [0.2, 0.25) is 5.02 Å². The van der Waals surface area contributed by atoms with Crippen molar-refractivity contribution in [1.29, 1.82) is 0 Å². The number of alkyl carbamates (subject to hydrolysis) is 1. The maximum absolute atomic E-state index is 14.3. The molecule has 12 heteroatoms. The van der Waals surface area contributed by atoms with Crippen molar-refractivity contribution in [3.63, 3.8) is 0 Å². The minimum absolute atomic E-state index is 0.0498. The molecule has 1 aliphatic heterocycles. The van der Waals surface area contributed by atoms with Gasteiger partial charge in [0.25, 0.3) is 0 Å². The summed E-state index contributed by atoms with van der Waals surface area (Å²) in [6.45, 7) is 16.3. The van der Waals surface area contributed by atoms with Crippen LogP contribution in [0.3, 0.4) is 0 Å². The third kappa shape index (κ3) is 7.69. The van der Waals surface area contributed by atoms with E-state index in [4.69, 9.17) is 25.8 Å². The van der Waals surface area contributed by atoms with Crippen molar-refractivity contribution in [3.8, 4) is 5.75 Å². The molecule has 2 aliphatic rings. The number of esters is 1. The maximum atomic E-state index is 14.3. The number of benzene rings is 1. The first-order valence-electron chi connectivity index (χ1n) is 15.1. The number of carbonyl (C=O) groups excluding carboxylic acids is 4. The van der Waals surface area contributed by atoms with E-state index in [1.807, 2.05) is 20.8 Å². The van der Waals surface area contributed by atoms with E-state index in [0.29, 0.717) is 22.7 Å². The van der Waals surface area contributed by atoms with Gasteiger partial charge in [0, 0.05) is 28.9 Å².